The molecule has 0 bridgehead atoms. The Hall–Kier alpha value is -0.260. The second-order valence-corrected chi connectivity index (χ2v) is 4.95. The van der Waals surface area contributed by atoms with Crippen molar-refractivity contribution < 1.29 is 0 Å². The van der Waals surface area contributed by atoms with Crippen LogP contribution in [0.15, 0.2) is 12.2 Å². The minimum atomic E-state index is 0.627. The SMILES string of the molecule is C=C(C(C)C)C(C)C(C)C(CC)CC. The molecule has 0 aromatic rings. The third-order valence-electron chi connectivity index (χ3n) is 3.91. The van der Waals surface area contributed by atoms with E-state index in [9.17, 15) is 0 Å². The Bertz CT molecular complexity index is 163. The molecule has 0 radical (unpaired) electrons. The molecule has 0 amide bonds. The van der Waals surface area contributed by atoms with Crippen LogP contribution in [0, 0.1) is 23.7 Å². The molecule has 0 saturated carbocycles. The van der Waals surface area contributed by atoms with Gasteiger partial charge in [0.15, 0.2) is 0 Å². The van der Waals surface area contributed by atoms with Crippen LogP contribution in [-0.2, 0) is 0 Å². The first-order chi connectivity index (χ1) is 6.45. The van der Waals surface area contributed by atoms with E-state index in [-0.39, 0.29) is 0 Å². The molecule has 0 aromatic carbocycles. The Balaban J connectivity index is 4.36. The number of rotatable bonds is 6. The molecular formula is C14H28. The van der Waals surface area contributed by atoms with Gasteiger partial charge in [-0.05, 0) is 23.7 Å². The summed E-state index contributed by atoms with van der Waals surface area (Å²) < 4.78 is 0. The third kappa shape index (κ3) is 3.48. The van der Waals surface area contributed by atoms with E-state index in [1.54, 1.807) is 0 Å². The van der Waals surface area contributed by atoms with Gasteiger partial charge < -0.3 is 0 Å². The van der Waals surface area contributed by atoms with Gasteiger partial charge in [-0.1, -0.05) is 66.5 Å². The average molecular weight is 196 g/mol. The minimum absolute atomic E-state index is 0.627. The van der Waals surface area contributed by atoms with Crippen molar-refractivity contribution in [2.24, 2.45) is 23.7 Å². The summed E-state index contributed by atoms with van der Waals surface area (Å²) in [7, 11) is 0. The monoisotopic (exact) mass is 196 g/mol. The number of allylic oxidation sites excluding steroid dienone is 1. The van der Waals surface area contributed by atoms with E-state index in [1.165, 1.54) is 18.4 Å². The molecular weight excluding hydrogens is 168 g/mol. The van der Waals surface area contributed by atoms with Crippen molar-refractivity contribution in [3.05, 3.63) is 12.2 Å². The van der Waals surface area contributed by atoms with E-state index in [1.807, 2.05) is 0 Å². The van der Waals surface area contributed by atoms with Gasteiger partial charge in [0.05, 0.1) is 0 Å². The topological polar surface area (TPSA) is 0 Å². The minimum Gasteiger partial charge on any atom is -0.0993 e. The van der Waals surface area contributed by atoms with Crippen LogP contribution in [0.25, 0.3) is 0 Å². The molecule has 0 saturated heterocycles. The van der Waals surface area contributed by atoms with Gasteiger partial charge in [0, 0.05) is 0 Å². The van der Waals surface area contributed by atoms with Crippen LogP contribution in [0.4, 0.5) is 0 Å². The van der Waals surface area contributed by atoms with Crippen LogP contribution >= 0.6 is 0 Å². The molecule has 0 rings (SSSR count). The highest BCUT2D eigenvalue weighted by Crippen LogP contribution is 2.32. The van der Waals surface area contributed by atoms with Gasteiger partial charge >= 0.3 is 0 Å². The van der Waals surface area contributed by atoms with Gasteiger partial charge in [-0.15, -0.1) is 0 Å². The molecule has 0 N–H and O–H groups in total. The zero-order chi connectivity index (χ0) is 11.3. The summed E-state index contributed by atoms with van der Waals surface area (Å²) in [6, 6.07) is 0. The van der Waals surface area contributed by atoms with Gasteiger partial charge in [-0.2, -0.15) is 0 Å². The molecule has 0 aliphatic heterocycles. The molecule has 0 spiro atoms. The normalized spacial score (nSPS) is 16.0. The first-order valence-electron chi connectivity index (χ1n) is 6.14. The third-order valence-corrected chi connectivity index (χ3v) is 3.91. The molecule has 2 atom stereocenters. The summed E-state index contributed by atoms with van der Waals surface area (Å²) >= 11 is 0. The van der Waals surface area contributed by atoms with Crippen molar-refractivity contribution in [3.63, 3.8) is 0 Å². The summed E-state index contributed by atoms with van der Waals surface area (Å²) in [5.41, 5.74) is 1.42. The zero-order valence-electron chi connectivity index (χ0n) is 10.9. The Morgan fingerprint density at radius 2 is 1.43 bits per heavy atom. The number of hydrogen-bond acceptors (Lipinski definition) is 0. The van der Waals surface area contributed by atoms with Gasteiger partial charge in [0.25, 0.3) is 0 Å². The molecule has 84 valence electrons. The molecule has 0 aliphatic carbocycles. The van der Waals surface area contributed by atoms with Gasteiger partial charge in [-0.3, -0.25) is 0 Å². The van der Waals surface area contributed by atoms with E-state index < -0.39 is 0 Å². The highest BCUT2D eigenvalue weighted by molar-refractivity contribution is 5.04. The van der Waals surface area contributed by atoms with E-state index in [0.717, 1.165) is 11.8 Å². The largest absolute Gasteiger partial charge is 0.0993 e. The van der Waals surface area contributed by atoms with Crippen molar-refractivity contribution >= 4 is 0 Å². The van der Waals surface area contributed by atoms with Crippen LogP contribution in [0.2, 0.25) is 0 Å². The quantitative estimate of drug-likeness (QED) is 0.530. The maximum Gasteiger partial charge on any atom is -0.0203 e. The van der Waals surface area contributed by atoms with Crippen molar-refractivity contribution in [1.82, 2.24) is 0 Å². The Kier molecular flexibility index (Phi) is 6.15. The fraction of sp³-hybridized carbons (Fsp3) is 0.857. The number of hydrogen-bond donors (Lipinski definition) is 0. The summed E-state index contributed by atoms with van der Waals surface area (Å²) in [6.07, 6.45) is 2.60. The maximum atomic E-state index is 4.23. The second kappa shape index (κ2) is 6.27. The fourth-order valence-electron chi connectivity index (χ4n) is 2.30. The molecule has 0 nitrogen and oxygen atoms in total. The van der Waals surface area contributed by atoms with E-state index in [0.29, 0.717) is 11.8 Å². The lowest BCUT2D eigenvalue weighted by atomic mass is 9.75. The lowest BCUT2D eigenvalue weighted by Gasteiger charge is -2.30. The molecule has 0 heteroatoms. The molecule has 0 aliphatic rings. The summed E-state index contributed by atoms with van der Waals surface area (Å²) in [4.78, 5) is 0. The van der Waals surface area contributed by atoms with Crippen molar-refractivity contribution in [2.45, 2.75) is 54.4 Å². The molecule has 2 unspecified atom stereocenters. The average Bonchev–Trinajstić information content (AvgIpc) is 2.17. The van der Waals surface area contributed by atoms with Crippen LogP contribution in [0.1, 0.15) is 54.4 Å². The van der Waals surface area contributed by atoms with Gasteiger partial charge in [0.2, 0.25) is 0 Å². The zero-order valence-corrected chi connectivity index (χ0v) is 10.9. The lowest BCUT2D eigenvalue weighted by molar-refractivity contribution is 0.265. The predicted molar refractivity (Wildman–Crippen MR) is 66.4 cm³/mol. The van der Waals surface area contributed by atoms with E-state index >= 15 is 0 Å². The van der Waals surface area contributed by atoms with Crippen molar-refractivity contribution in [1.29, 1.82) is 0 Å². The second-order valence-electron chi connectivity index (χ2n) is 4.95. The van der Waals surface area contributed by atoms with Crippen molar-refractivity contribution in [3.8, 4) is 0 Å². The smallest absolute Gasteiger partial charge is 0.0203 e. The lowest BCUT2D eigenvalue weighted by Crippen LogP contribution is -2.21. The summed E-state index contributed by atoms with van der Waals surface area (Å²) in [6.45, 7) is 18.0. The van der Waals surface area contributed by atoms with Gasteiger partial charge in [-0.25, -0.2) is 0 Å². The Morgan fingerprint density at radius 3 is 1.71 bits per heavy atom. The highest BCUT2D eigenvalue weighted by Gasteiger charge is 2.22. The van der Waals surface area contributed by atoms with Crippen molar-refractivity contribution in [2.75, 3.05) is 0 Å². The molecule has 14 heavy (non-hydrogen) atoms. The Labute approximate surface area is 90.8 Å². The van der Waals surface area contributed by atoms with E-state index in [4.69, 9.17) is 0 Å². The van der Waals surface area contributed by atoms with Crippen LogP contribution in [0.5, 0.6) is 0 Å². The highest BCUT2D eigenvalue weighted by atomic mass is 14.3. The standard InChI is InChI=1S/C14H28/c1-8-14(9-2)13(7)12(6)11(5)10(3)4/h10,12-14H,5,8-9H2,1-4,6-7H3. The fourth-order valence-corrected chi connectivity index (χ4v) is 2.30. The first-order valence-corrected chi connectivity index (χ1v) is 6.14. The summed E-state index contributed by atoms with van der Waals surface area (Å²) in [5.74, 6) is 2.93. The summed E-state index contributed by atoms with van der Waals surface area (Å²) in [5, 5.41) is 0. The molecule has 0 fully saturated rings. The van der Waals surface area contributed by atoms with Gasteiger partial charge in [0.1, 0.15) is 0 Å². The predicted octanol–water partition coefficient (Wildman–Crippen LogP) is 4.91. The first kappa shape index (κ1) is 13.7. The maximum absolute atomic E-state index is 4.23. The van der Waals surface area contributed by atoms with Crippen LogP contribution in [-0.4, -0.2) is 0 Å². The van der Waals surface area contributed by atoms with E-state index in [2.05, 4.69) is 48.1 Å². The molecule has 0 heterocycles. The van der Waals surface area contributed by atoms with Crippen LogP contribution < -0.4 is 0 Å². The Morgan fingerprint density at radius 1 is 1.00 bits per heavy atom. The van der Waals surface area contributed by atoms with Crippen LogP contribution in [0.3, 0.4) is 0 Å². The molecule has 0 aromatic heterocycles.